The van der Waals surface area contributed by atoms with Gasteiger partial charge in [-0.3, -0.25) is 10.1 Å². The first-order chi connectivity index (χ1) is 15.2. The van der Waals surface area contributed by atoms with Crippen molar-refractivity contribution in [3.63, 3.8) is 0 Å². The maximum absolute atomic E-state index is 13.6. The van der Waals surface area contributed by atoms with Crippen LogP contribution in [0.1, 0.15) is 126 Å². The van der Waals surface area contributed by atoms with Crippen molar-refractivity contribution in [3.8, 4) is 0 Å². The highest BCUT2D eigenvalue weighted by molar-refractivity contribution is 5.99. The van der Waals surface area contributed by atoms with E-state index in [-0.39, 0.29) is 12.1 Å². The maximum Gasteiger partial charge on any atom is 0.256 e. The number of rotatable bonds is 3. The van der Waals surface area contributed by atoms with Gasteiger partial charge in [0.2, 0.25) is 0 Å². The van der Waals surface area contributed by atoms with Crippen LogP contribution >= 0.6 is 0 Å². The number of benzene rings is 1. The molecule has 2 fully saturated rings. The minimum Gasteiger partial charge on any atom is -0.316 e. The fourth-order valence-electron chi connectivity index (χ4n) is 6.35. The van der Waals surface area contributed by atoms with Crippen LogP contribution in [-0.2, 0) is 0 Å². The standard InChI is InChI=1S/C28H44N2O/c1-21-15-14-20-26(22(21)2)30-27(24-18-12-13-19-25(24)28(30)31)29-23-16-10-8-6-4-3-5-7-9-11-17-23/h12-13,18-19,21-23,26-27,29H,3-11,14-17,20H2,1-2H3/t21-,22+,26+,27-/m1/s1. The summed E-state index contributed by atoms with van der Waals surface area (Å²) in [6, 6.07) is 9.24. The molecule has 1 N–H and O–H groups in total. The molecule has 1 heterocycles. The molecule has 1 amide bonds. The van der Waals surface area contributed by atoms with Gasteiger partial charge >= 0.3 is 0 Å². The van der Waals surface area contributed by atoms with Gasteiger partial charge < -0.3 is 4.90 Å². The van der Waals surface area contributed by atoms with Crippen molar-refractivity contribution in [3.05, 3.63) is 35.4 Å². The monoisotopic (exact) mass is 424 g/mol. The van der Waals surface area contributed by atoms with Gasteiger partial charge in [-0.15, -0.1) is 0 Å². The highest BCUT2D eigenvalue weighted by atomic mass is 16.2. The Morgan fingerprint density at radius 1 is 0.774 bits per heavy atom. The zero-order valence-corrected chi connectivity index (χ0v) is 20.0. The number of nitrogens with one attached hydrogen (secondary N) is 1. The topological polar surface area (TPSA) is 32.3 Å². The quantitative estimate of drug-likeness (QED) is 0.555. The average Bonchev–Trinajstić information content (AvgIpc) is 3.04. The van der Waals surface area contributed by atoms with E-state index in [2.05, 4.69) is 36.2 Å². The molecule has 4 atom stereocenters. The summed E-state index contributed by atoms with van der Waals surface area (Å²) in [5.74, 6) is 1.51. The van der Waals surface area contributed by atoms with Crippen LogP contribution in [0.25, 0.3) is 0 Å². The Hall–Kier alpha value is -1.35. The molecule has 0 unspecified atom stereocenters. The molecular weight excluding hydrogens is 380 g/mol. The Morgan fingerprint density at radius 3 is 2.06 bits per heavy atom. The average molecular weight is 425 g/mol. The van der Waals surface area contributed by atoms with E-state index in [1.807, 2.05) is 12.1 Å². The molecule has 3 aliphatic rings. The summed E-state index contributed by atoms with van der Waals surface area (Å²) in [4.78, 5) is 15.9. The molecule has 0 aromatic heterocycles. The van der Waals surface area contributed by atoms with E-state index in [0.717, 1.165) is 12.0 Å². The maximum atomic E-state index is 13.6. The van der Waals surface area contributed by atoms with Crippen LogP contribution in [0.2, 0.25) is 0 Å². The number of carbonyl (C=O) groups is 1. The van der Waals surface area contributed by atoms with Crippen LogP contribution in [0.15, 0.2) is 24.3 Å². The number of hydrogen-bond donors (Lipinski definition) is 1. The third kappa shape index (κ3) is 5.35. The molecule has 0 spiro atoms. The minimum atomic E-state index is 0.0550. The predicted molar refractivity (Wildman–Crippen MR) is 129 cm³/mol. The number of fused-ring (bicyclic) bond motifs is 1. The fraction of sp³-hybridized carbons (Fsp3) is 0.750. The number of amides is 1. The van der Waals surface area contributed by atoms with Crippen molar-refractivity contribution in [2.24, 2.45) is 11.8 Å². The van der Waals surface area contributed by atoms with Gasteiger partial charge in [0, 0.05) is 23.2 Å². The molecule has 1 aliphatic heterocycles. The Morgan fingerprint density at radius 2 is 1.39 bits per heavy atom. The van der Waals surface area contributed by atoms with E-state index < -0.39 is 0 Å². The summed E-state index contributed by atoms with van der Waals surface area (Å²) in [6.45, 7) is 4.75. The molecule has 3 nitrogen and oxygen atoms in total. The third-order valence-electron chi connectivity index (χ3n) is 8.52. The molecule has 2 saturated carbocycles. The molecule has 1 aromatic rings. The molecule has 172 valence electrons. The number of hydrogen-bond acceptors (Lipinski definition) is 2. The van der Waals surface area contributed by atoms with Gasteiger partial charge in [-0.2, -0.15) is 0 Å². The lowest BCUT2D eigenvalue weighted by atomic mass is 9.77. The van der Waals surface area contributed by atoms with Gasteiger partial charge in [0.05, 0.1) is 0 Å². The largest absolute Gasteiger partial charge is 0.316 e. The van der Waals surface area contributed by atoms with Crippen molar-refractivity contribution in [2.45, 2.75) is 122 Å². The lowest BCUT2D eigenvalue weighted by Crippen LogP contribution is -2.51. The summed E-state index contributed by atoms with van der Waals surface area (Å²) >= 11 is 0. The Kier molecular flexibility index (Phi) is 8.09. The van der Waals surface area contributed by atoms with Crippen molar-refractivity contribution < 1.29 is 4.79 Å². The minimum absolute atomic E-state index is 0.0550. The molecule has 3 heteroatoms. The van der Waals surface area contributed by atoms with E-state index in [4.69, 9.17) is 0 Å². The van der Waals surface area contributed by atoms with Gasteiger partial charge in [-0.25, -0.2) is 0 Å². The molecule has 0 radical (unpaired) electrons. The first kappa shape index (κ1) is 22.8. The van der Waals surface area contributed by atoms with Crippen LogP contribution < -0.4 is 5.32 Å². The second-order valence-electron chi connectivity index (χ2n) is 10.7. The van der Waals surface area contributed by atoms with Crippen molar-refractivity contribution in [2.75, 3.05) is 0 Å². The van der Waals surface area contributed by atoms with Gasteiger partial charge in [-0.05, 0) is 37.2 Å². The van der Waals surface area contributed by atoms with E-state index in [1.165, 1.54) is 89.0 Å². The lowest BCUT2D eigenvalue weighted by Gasteiger charge is -2.43. The van der Waals surface area contributed by atoms with Crippen molar-refractivity contribution in [1.82, 2.24) is 10.2 Å². The summed E-state index contributed by atoms with van der Waals surface area (Å²) in [5, 5.41) is 4.04. The Bertz CT molecular complexity index is 705. The highest BCUT2D eigenvalue weighted by Crippen LogP contribution is 2.41. The van der Waals surface area contributed by atoms with E-state index in [9.17, 15) is 4.79 Å². The lowest BCUT2D eigenvalue weighted by molar-refractivity contribution is 0.0290. The van der Waals surface area contributed by atoms with Crippen LogP contribution in [0.5, 0.6) is 0 Å². The Balaban J connectivity index is 1.54. The predicted octanol–water partition coefficient (Wildman–Crippen LogP) is 7.23. The van der Waals surface area contributed by atoms with E-state index in [0.29, 0.717) is 23.9 Å². The number of nitrogens with zero attached hydrogens (tertiary/aromatic N) is 1. The summed E-state index contributed by atoms with van der Waals surface area (Å²) < 4.78 is 0. The SMILES string of the molecule is C[C@H]1[C@H](C)CCC[C@@H]1N1C(=O)c2ccccc2[C@@H]1NC1CCCCCCCCCCC1. The Labute approximate surface area is 190 Å². The second kappa shape index (κ2) is 11.0. The zero-order valence-electron chi connectivity index (χ0n) is 20.0. The smallest absolute Gasteiger partial charge is 0.256 e. The zero-order chi connectivity index (χ0) is 21.6. The molecule has 2 aliphatic carbocycles. The fourth-order valence-corrected chi connectivity index (χ4v) is 6.35. The highest BCUT2D eigenvalue weighted by Gasteiger charge is 2.44. The van der Waals surface area contributed by atoms with Gasteiger partial charge in [0.15, 0.2) is 0 Å². The number of carbonyl (C=O) groups excluding carboxylic acids is 1. The molecule has 4 rings (SSSR count). The van der Waals surface area contributed by atoms with Crippen LogP contribution in [0.4, 0.5) is 0 Å². The van der Waals surface area contributed by atoms with Crippen molar-refractivity contribution >= 4 is 5.91 Å². The van der Waals surface area contributed by atoms with Gasteiger partial charge in [0.1, 0.15) is 6.17 Å². The summed E-state index contributed by atoms with van der Waals surface area (Å²) in [5.41, 5.74) is 2.14. The summed E-state index contributed by atoms with van der Waals surface area (Å²) in [7, 11) is 0. The molecular formula is C28H44N2O. The molecule has 0 bridgehead atoms. The first-order valence-electron chi connectivity index (χ1n) is 13.3. The van der Waals surface area contributed by atoms with Gasteiger partial charge in [-0.1, -0.05) is 103 Å². The normalized spacial score (nSPS) is 31.7. The van der Waals surface area contributed by atoms with Crippen LogP contribution in [0, 0.1) is 11.8 Å². The van der Waals surface area contributed by atoms with Gasteiger partial charge in [0.25, 0.3) is 5.91 Å². The van der Waals surface area contributed by atoms with Crippen molar-refractivity contribution in [1.29, 1.82) is 0 Å². The van der Waals surface area contributed by atoms with Crippen LogP contribution in [0.3, 0.4) is 0 Å². The third-order valence-corrected chi connectivity index (χ3v) is 8.52. The van der Waals surface area contributed by atoms with E-state index >= 15 is 0 Å². The summed E-state index contributed by atoms with van der Waals surface area (Å²) in [6.07, 6.45) is 18.6. The van der Waals surface area contributed by atoms with Crippen LogP contribution in [-0.4, -0.2) is 22.9 Å². The first-order valence-corrected chi connectivity index (χ1v) is 13.3. The molecule has 0 saturated heterocycles. The van der Waals surface area contributed by atoms with E-state index in [1.54, 1.807) is 0 Å². The second-order valence-corrected chi connectivity index (χ2v) is 10.7. The molecule has 1 aromatic carbocycles. The molecule has 31 heavy (non-hydrogen) atoms.